The predicted octanol–water partition coefficient (Wildman–Crippen LogP) is 14.2. The van der Waals surface area contributed by atoms with Gasteiger partial charge in [0.2, 0.25) is 0 Å². The molecule has 2 aliphatic carbocycles. The smallest absolute Gasteiger partial charge is 0.166 e. The Kier molecular flexibility index (Phi) is 10.5. The largest absolute Gasteiger partial charge is 0.416 e. The van der Waals surface area contributed by atoms with Gasteiger partial charge in [-0.25, -0.2) is 0 Å². The van der Waals surface area contributed by atoms with Crippen LogP contribution < -0.4 is 0 Å². The average Bonchev–Trinajstić information content (AvgIpc) is 3.63. The molecule has 4 aromatic carbocycles. The van der Waals surface area contributed by atoms with Gasteiger partial charge in [0.25, 0.3) is 0 Å². The van der Waals surface area contributed by atoms with E-state index in [9.17, 15) is 52.7 Å². The molecule has 13 heteroatoms. The molecule has 55 heavy (non-hydrogen) atoms. The van der Waals surface area contributed by atoms with Gasteiger partial charge in [0.15, 0.2) is 0 Å². The molecule has 292 valence electrons. The first-order valence-corrected chi connectivity index (χ1v) is 19.8. The van der Waals surface area contributed by atoms with Gasteiger partial charge in [0.05, 0.1) is 22.3 Å². The van der Waals surface area contributed by atoms with Crippen LogP contribution in [0.1, 0.15) is 94.2 Å². The first kappa shape index (κ1) is 40.4. The number of hydrogen-bond donors (Lipinski definition) is 0. The number of fused-ring (bicyclic) bond motifs is 2. The van der Waals surface area contributed by atoms with Crippen LogP contribution in [0.3, 0.4) is 0 Å². The zero-order valence-corrected chi connectivity index (χ0v) is 31.6. The minimum atomic E-state index is -5.00. The number of alkyl halides is 12. The Labute approximate surface area is 312 Å². The maximum Gasteiger partial charge on any atom is 0.416 e. The Hall–Kier alpha value is -4.26. The fourth-order valence-corrected chi connectivity index (χ4v) is 10.7. The lowest BCUT2D eigenvalue weighted by Gasteiger charge is -2.22. The summed E-state index contributed by atoms with van der Waals surface area (Å²) in [6, 6.07) is 11.9. The number of aryl methyl sites for hydroxylation is 2. The summed E-state index contributed by atoms with van der Waals surface area (Å²) in [5.41, 5.74) is 0.686. The summed E-state index contributed by atoms with van der Waals surface area (Å²) >= 11 is 0. The van der Waals surface area contributed by atoms with Crippen molar-refractivity contribution >= 4 is 21.7 Å². The van der Waals surface area contributed by atoms with Crippen LogP contribution in [0.25, 0.3) is 34.4 Å². The van der Waals surface area contributed by atoms with E-state index >= 15 is 0 Å². The monoisotopic (exact) mass is 796 g/mol. The van der Waals surface area contributed by atoms with Crippen molar-refractivity contribution in [3.63, 3.8) is 0 Å². The lowest BCUT2D eigenvalue weighted by molar-refractivity contribution is -0.144. The van der Waals surface area contributed by atoms with E-state index in [0.717, 1.165) is 58.6 Å². The topological polar surface area (TPSA) is 0 Å². The van der Waals surface area contributed by atoms with E-state index in [1.54, 1.807) is 26.0 Å². The van der Waals surface area contributed by atoms with Gasteiger partial charge in [0.1, 0.15) is 0 Å². The van der Waals surface area contributed by atoms with Crippen molar-refractivity contribution in [3.8, 4) is 22.3 Å². The van der Waals surface area contributed by atoms with Gasteiger partial charge in [-0.05, 0) is 119 Å². The third kappa shape index (κ3) is 7.91. The summed E-state index contributed by atoms with van der Waals surface area (Å²) in [5, 5.41) is 0. The molecule has 0 spiro atoms. The van der Waals surface area contributed by atoms with Crippen molar-refractivity contribution in [1.29, 1.82) is 0 Å². The van der Waals surface area contributed by atoms with Crippen molar-refractivity contribution in [1.82, 2.24) is 0 Å². The summed E-state index contributed by atoms with van der Waals surface area (Å²) in [6.45, 7) is 7.19. The predicted molar refractivity (Wildman–Crippen MR) is 193 cm³/mol. The molecule has 0 fully saturated rings. The number of rotatable bonds is 8. The fourth-order valence-electron chi connectivity index (χ4n) is 8.25. The molecule has 0 saturated carbocycles. The highest BCUT2D eigenvalue weighted by Gasteiger charge is 2.40. The summed E-state index contributed by atoms with van der Waals surface area (Å²) in [5.74, 6) is -0.207. The molecule has 4 aromatic rings. The van der Waals surface area contributed by atoms with Crippen molar-refractivity contribution in [2.24, 2.45) is 0 Å². The van der Waals surface area contributed by atoms with Gasteiger partial charge >= 0.3 is 24.7 Å². The molecular formula is C42H36F12Si. The number of hydrogen-bond acceptors (Lipinski definition) is 0. The first-order valence-electron chi connectivity index (χ1n) is 17.8. The molecule has 6 rings (SSSR count). The van der Waals surface area contributed by atoms with Crippen LogP contribution in [0.2, 0.25) is 12.1 Å². The van der Waals surface area contributed by atoms with Crippen LogP contribution in [-0.2, 0) is 24.7 Å². The van der Waals surface area contributed by atoms with Crippen LogP contribution in [0, 0.1) is 13.8 Å². The third-order valence-corrected chi connectivity index (χ3v) is 12.8. The second kappa shape index (κ2) is 14.3. The van der Waals surface area contributed by atoms with Crippen LogP contribution in [0.15, 0.2) is 71.8 Å². The van der Waals surface area contributed by atoms with E-state index in [4.69, 9.17) is 0 Å². The number of allylic oxidation sites excluding steroid dienone is 2. The Morgan fingerprint density at radius 3 is 1.05 bits per heavy atom. The van der Waals surface area contributed by atoms with E-state index in [1.165, 1.54) is 0 Å². The molecule has 2 aliphatic rings. The second-order valence-electron chi connectivity index (χ2n) is 14.3. The SMILES string of the molecule is CCC1=Cc2c(ccc(C)c2-c2cc(C(F)(F)F)cc(C(F)(F)F)c2)C1C[SiH2]CC1C(CC)=Cc2c1ccc(C)c2-c1cc(C(F)(F)F)cc(C(F)(F)F)c1. The summed E-state index contributed by atoms with van der Waals surface area (Å²) < 4.78 is 166. The van der Waals surface area contributed by atoms with Gasteiger partial charge in [-0.2, -0.15) is 52.7 Å². The molecule has 0 aliphatic heterocycles. The average molecular weight is 797 g/mol. The van der Waals surface area contributed by atoms with Crippen LogP contribution >= 0.6 is 0 Å². The molecule has 0 heterocycles. The minimum absolute atomic E-state index is 0.103. The lowest BCUT2D eigenvalue weighted by atomic mass is 9.88. The molecule has 0 N–H and O–H groups in total. The van der Waals surface area contributed by atoms with Gasteiger partial charge in [-0.1, -0.05) is 73.5 Å². The quantitative estimate of drug-likeness (QED) is 0.123. The van der Waals surface area contributed by atoms with Gasteiger partial charge in [-0.15, -0.1) is 0 Å². The molecule has 0 amide bonds. The molecule has 2 unspecified atom stereocenters. The van der Waals surface area contributed by atoms with Crippen LogP contribution in [0.4, 0.5) is 52.7 Å². The van der Waals surface area contributed by atoms with Gasteiger partial charge in [0, 0.05) is 21.4 Å². The maximum absolute atomic E-state index is 13.8. The molecule has 0 aromatic heterocycles. The molecule has 0 saturated heterocycles. The zero-order chi connectivity index (χ0) is 40.4. The van der Waals surface area contributed by atoms with Crippen LogP contribution in [0.5, 0.6) is 0 Å². The molecule has 0 nitrogen and oxygen atoms in total. The normalized spacial score (nSPS) is 17.5. The summed E-state index contributed by atoms with van der Waals surface area (Å²) in [6.07, 6.45) is -15.0. The molecular weight excluding hydrogens is 761 g/mol. The van der Waals surface area contributed by atoms with Crippen molar-refractivity contribution < 1.29 is 52.7 Å². The maximum atomic E-state index is 13.8. The number of halogens is 12. The van der Waals surface area contributed by atoms with E-state index in [2.05, 4.69) is 0 Å². The zero-order valence-electron chi connectivity index (χ0n) is 30.2. The Balaban J connectivity index is 1.33. The van der Waals surface area contributed by atoms with Gasteiger partial charge in [-0.3, -0.25) is 0 Å². The highest BCUT2D eigenvalue weighted by molar-refractivity contribution is 6.36. The Morgan fingerprint density at radius 1 is 0.473 bits per heavy atom. The van der Waals surface area contributed by atoms with Crippen molar-refractivity contribution in [2.75, 3.05) is 0 Å². The van der Waals surface area contributed by atoms with E-state index < -0.39 is 56.5 Å². The first-order chi connectivity index (χ1) is 25.5. The summed E-state index contributed by atoms with van der Waals surface area (Å²) in [4.78, 5) is 0. The van der Waals surface area contributed by atoms with E-state index in [-0.39, 0.29) is 35.1 Å². The fraction of sp³-hybridized carbons (Fsp3) is 0.333. The second-order valence-corrected chi connectivity index (χ2v) is 16.2. The highest BCUT2D eigenvalue weighted by Crippen LogP contribution is 2.50. The van der Waals surface area contributed by atoms with Crippen LogP contribution in [-0.4, -0.2) is 9.52 Å². The van der Waals surface area contributed by atoms with Gasteiger partial charge < -0.3 is 0 Å². The summed E-state index contributed by atoms with van der Waals surface area (Å²) in [7, 11) is -0.955. The van der Waals surface area contributed by atoms with Crippen molar-refractivity contribution in [3.05, 3.63) is 127 Å². The molecule has 0 bridgehead atoms. The molecule has 0 radical (unpaired) electrons. The standard InChI is InChI=1S/C42H36F12Si/c1-5-23-15-33-31(9-7-21(3)37(33)25-11-27(39(43,44)45)17-28(12-25)40(46,47)48)35(23)19-55-20-36-24(6-2)16-34-32(36)10-8-22(4)38(34)26-13-29(41(49,50)51)18-30(14-26)42(52,53)54/h7-18,35-36H,5-6,19-20,55H2,1-4H3. The molecule has 2 atom stereocenters. The van der Waals surface area contributed by atoms with Crippen molar-refractivity contribution in [2.45, 2.75) is 89.2 Å². The number of benzene rings is 4. The lowest BCUT2D eigenvalue weighted by Crippen LogP contribution is -2.11. The Morgan fingerprint density at radius 2 is 0.782 bits per heavy atom. The van der Waals surface area contributed by atoms with E-state index in [0.29, 0.717) is 46.2 Å². The van der Waals surface area contributed by atoms with E-state index in [1.807, 2.05) is 38.1 Å². The third-order valence-electron chi connectivity index (χ3n) is 10.8. The highest BCUT2D eigenvalue weighted by atomic mass is 28.2. The Bertz CT molecular complexity index is 1980. The minimum Gasteiger partial charge on any atom is -0.166 e.